The average molecular weight is 449 g/mol. The van der Waals surface area contributed by atoms with Gasteiger partial charge in [0.15, 0.2) is 22.1 Å². The maximum Gasteiger partial charge on any atom is 0.297 e. The molecule has 0 saturated carbocycles. The fourth-order valence-corrected chi connectivity index (χ4v) is 4.77. The first-order valence-corrected chi connectivity index (χ1v) is 10.9. The van der Waals surface area contributed by atoms with Crippen LogP contribution in [0.1, 0.15) is 38.9 Å². The maximum atomic E-state index is 13.7. The second kappa shape index (κ2) is 7.49. The van der Waals surface area contributed by atoms with Crippen molar-refractivity contribution in [3.8, 4) is 11.5 Å². The Hall–Kier alpha value is -3.65. The Morgan fingerprint density at radius 1 is 1.03 bits per heavy atom. The molecule has 7 nitrogen and oxygen atoms in total. The van der Waals surface area contributed by atoms with E-state index in [0.29, 0.717) is 38.7 Å². The topological polar surface area (TPSA) is 81.9 Å². The summed E-state index contributed by atoms with van der Waals surface area (Å²) in [4.78, 5) is 33.1. The fraction of sp³-hybridized carbons (Fsp3) is 0.208. The van der Waals surface area contributed by atoms with Gasteiger partial charge in [-0.1, -0.05) is 6.07 Å². The number of methoxy groups -OCH3 is 2. The lowest BCUT2D eigenvalue weighted by atomic mass is 9.97. The SMILES string of the molecule is COc1ccc([C@@H]2c3c(oc4cc(C)c(C)cc4c3=O)C(=O)N2c2nccs2)cc1OC. The predicted octanol–water partition coefficient (Wildman–Crippen LogP) is 4.63. The normalized spacial score (nSPS) is 15.3. The van der Waals surface area contributed by atoms with Crippen molar-refractivity contribution >= 4 is 33.3 Å². The van der Waals surface area contributed by atoms with Gasteiger partial charge >= 0.3 is 0 Å². The Morgan fingerprint density at radius 2 is 1.78 bits per heavy atom. The lowest BCUT2D eigenvalue weighted by Gasteiger charge is -2.23. The largest absolute Gasteiger partial charge is 0.493 e. The van der Waals surface area contributed by atoms with E-state index in [9.17, 15) is 9.59 Å². The Balaban J connectivity index is 1.82. The van der Waals surface area contributed by atoms with Crippen LogP contribution < -0.4 is 19.8 Å². The van der Waals surface area contributed by atoms with E-state index in [2.05, 4.69) is 4.98 Å². The highest BCUT2D eigenvalue weighted by Gasteiger charge is 2.45. The van der Waals surface area contributed by atoms with Crippen LogP contribution in [0.25, 0.3) is 11.0 Å². The van der Waals surface area contributed by atoms with Crippen molar-refractivity contribution in [2.75, 3.05) is 19.1 Å². The molecule has 2 aromatic heterocycles. The second-order valence-electron chi connectivity index (χ2n) is 7.61. The van der Waals surface area contributed by atoms with Gasteiger partial charge in [-0.05, 0) is 54.8 Å². The second-order valence-corrected chi connectivity index (χ2v) is 8.49. The molecule has 8 heteroatoms. The number of fused-ring (bicyclic) bond motifs is 2. The van der Waals surface area contributed by atoms with Gasteiger partial charge in [-0.25, -0.2) is 4.98 Å². The van der Waals surface area contributed by atoms with E-state index in [0.717, 1.165) is 11.1 Å². The van der Waals surface area contributed by atoms with E-state index < -0.39 is 11.9 Å². The van der Waals surface area contributed by atoms with Crippen molar-refractivity contribution < 1.29 is 18.7 Å². The molecule has 1 aliphatic heterocycles. The first-order chi connectivity index (χ1) is 15.4. The summed E-state index contributed by atoms with van der Waals surface area (Å²) < 4.78 is 16.9. The quantitative estimate of drug-likeness (QED) is 0.453. The van der Waals surface area contributed by atoms with Crippen LogP contribution >= 0.6 is 11.3 Å². The molecule has 1 atom stereocenters. The third-order valence-corrected chi connectivity index (χ3v) is 6.61. The molecule has 0 radical (unpaired) electrons. The smallest absolute Gasteiger partial charge is 0.297 e. The Labute approximate surface area is 187 Å². The molecule has 3 heterocycles. The molecule has 0 N–H and O–H groups in total. The van der Waals surface area contributed by atoms with Gasteiger partial charge in [0.05, 0.1) is 31.2 Å². The summed E-state index contributed by atoms with van der Waals surface area (Å²) in [5, 5.41) is 2.72. The third-order valence-electron chi connectivity index (χ3n) is 5.84. The average Bonchev–Trinajstić information content (AvgIpc) is 3.41. The highest BCUT2D eigenvalue weighted by atomic mass is 32.1. The monoisotopic (exact) mass is 448 g/mol. The number of carbonyl (C=O) groups excluding carboxylic acids is 1. The van der Waals surface area contributed by atoms with Crippen LogP contribution in [-0.2, 0) is 0 Å². The lowest BCUT2D eigenvalue weighted by Crippen LogP contribution is -2.29. The van der Waals surface area contributed by atoms with Gasteiger partial charge < -0.3 is 13.9 Å². The number of benzene rings is 2. The minimum atomic E-state index is -0.703. The summed E-state index contributed by atoms with van der Waals surface area (Å²) in [6, 6.07) is 8.27. The molecule has 0 saturated heterocycles. The molecule has 0 unspecified atom stereocenters. The molecule has 1 amide bonds. The zero-order valence-electron chi connectivity index (χ0n) is 18.0. The van der Waals surface area contributed by atoms with E-state index in [1.165, 1.54) is 16.2 Å². The summed E-state index contributed by atoms with van der Waals surface area (Å²) >= 11 is 1.32. The third kappa shape index (κ3) is 2.90. The van der Waals surface area contributed by atoms with Crippen LogP contribution in [-0.4, -0.2) is 25.1 Å². The van der Waals surface area contributed by atoms with Gasteiger partial charge in [-0.2, -0.15) is 0 Å². The molecule has 2 aromatic carbocycles. The molecule has 1 aliphatic rings. The zero-order chi connectivity index (χ0) is 22.6. The van der Waals surface area contributed by atoms with Crippen molar-refractivity contribution in [3.63, 3.8) is 0 Å². The number of ether oxygens (including phenoxy) is 2. The van der Waals surface area contributed by atoms with Crippen LogP contribution in [0.15, 0.2) is 51.1 Å². The van der Waals surface area contributed by atoms with Crippen LogP contribution in [0.4, 0.5) is 5.13 Å². The van der Waals surface area contributed by atoms with Crippen molar-refractivity contribution in [2.45, 2.75) is 19.9 Å². The van der Waals surface area contributed by atoms with E-state index in [-0.39, 0.29) is 11.2 Å². The minimum Gasteiger partial charge on any atom is -0.493 e. The molecular weight excluding hydrogens is 428 g/mol. The number of rotatable bonds is 4. The highest BCUT2D eigenvalue weighted by molar-refractivity contribution is 7.13. The van der Waals surface area contributed by atoms with Crippen LogP contribution in [0.3, 0.4) is 0 Å². The van der Waals surface area contributed by atoms with Gasteiger partial charge in [-0.15, -0.1) is 11.3 Å². The minimum absolute atomic E-state index is 0.0423. The van der Waals surface area contributed by atoms with Crippen molar-refractivity contribution in [2.24, 2.45) is 0 Å². The molecule has 0 bridgehead atoms. The van der Waals surface area contributed by atoms with Crippen LogP contribution in [0.2, 0.25) is 0 Å². The van der Waals surface area contributed by atoms with Gasteiger partial charge in [-0.3, -0.25) is 14.5 Å². The van der Waals surface area contributed by atoms with Crippen molar-refractivity contribution in [1.29, 1.82) is 0 Å². The number of anilines is 1. The Kier molecular flexibility index (Phi) is 4.74. The molecule has 4 aromatic rings. The molecule has 32 heavy (non-hydrogen) atoms. The molecular formula is C24H20N2O5S. The number of aromatic nitrogens is 1. The molecule has 0 fully saturated rings. The van der Waals surface area contributed by atoms with Gasteiger partial charge in [0.25, 0.3) is 5.91 Å². The van der Waals surface area contributed by atoms with Gasteiger partial charge in [0.1, 0.15) is 5.58 Å². The first kappa shape index (κ1) is 20.3. The Bertz CT molecular complexity index is 1420. The highest BCUT2D eigenvalue weighted by Crippen LogP contribution is 2.43. The standard InChI is InChI=1S/C24H20N2O5S/c1-12-9-15-17(10-13(12)2)31-22-19(21(15)27)20(26(23(22)28)24-25-7-8-32-24)14-5-6-16(29-3)18(11-14)30-4/h5-11,20H,1-4H3/t20-/m1/s1. The zero-order valence-corrected chi connectivity index (χ0v) is 18.8. The van der Waals surface area contributed by atoms with Gasteiger partial charge in [0.2, 0.25) is 5.76 Å². The van der Waals surface area contributed by atoms with Crippen molar-refractivity contribution in [1.82, 2.24) is 4.98 Å². The van der Waals surface area contributed by atoms with E-state index in [1.807, 2.05) is 26.0 Å². The number of thiazole rings is 1. The number of nitrogens with zero attached hydrogens (tertiary/aromatic N) is 2. The van der Waals surface area contributed by atoms with E-state index >= 15 is 0 Å². The summed E-state index contributed by atoms with van der Waals surface area (Å²) in [7, 11) is 3.10. The number of hydrogen-bond acceptors (Lipinski definition) is 7. The lowest BCUT2D eigenvalue weighted by molar-refractivity contribution is 0.0971. The number of hydrogen-bond donors (Lipinski definition) is 0. The van der Waals surface area contributed by atoms with Crippen LogP contribution in [0.5, 0.6) is 11.5 Å². The maximum absolute atomic E-state index is 13.7. The van der Waals surface area contributed by atoms with E-state index in [1.54, 1.807) is 44.0 Å². The van der Waals surface area contributed by atoms with Crippen molar-refractivity contribution in [3.05, 3.63) is 80.1 Å². The van der Waals surface area contributed by atoms with Crippen LogP contribution in [0, 0.1) is 13.8 Å². The van der Waals surface area contributed by atoms with Gasteiger partial charge in [0, 0.05) is 11.6 Å². The summed E-state index contributed by atoms with van der Waals surface area (Å²) in [5.41, 5.74) is 3.13. The molecule has 0 spiro atoms. The predicted molar refractivity (Wildman–Crippen MR) is 122 cm³/mol. The Morgan fingerprint density at radius 3 is 2.47 bits per heavy atom. The number of amides is 1. The first-order valence-electron chi connectivity index (χ1n) is 9.97. The molecule has 162 valence electrons. The summed E-state index contributed by atoms with van der Waals surface area (Å²) in [5.74, 6) is 0.701. The summed E-state index contributed by atoms with van der Waals surface area (Å²) in [6.07, 6.45) is 1.63. The van der Waals surface area contributed by atoms with E-state index in [4.69, 9.17) is 13.9 Å². The number of aryl methyl sites for hydroxylation is 2. The molecule has 0 aliphatic carbocycles. The number of carbonyl (C=O) groups is 1. The molecule has 5 rings (SSSR count). The fourth-order valence-electron chi connectivity index (χ4n) is 4.10. The summed E-state index contributed by atoms with van der Waals surface area (Å²) in [6.45, 7) is 3.89.